The summed E-state index contributed by atoms with van der Waals surface area (Å²) in [5, 5.41) is 18.1. The Morgan fingerprint density at radius 1 is 0.500 bits per heavy atom. The first-order valence-electron chi connectivity index (χ1n) is 12.5. The normalized spacial score (nSPS) is 11.7. The molecule has 0 radical (unpaired) electrons. The van der Waals surface area contributed by atoms with Crippen LogP contribution < -0.4 is 4.57 Å². The Balaban J connectivity index is 1.57. The van der Waals surface area contributed by atoms with Crippen molar-refractivity contribution in [1.29, 1.82) is 0 Å². The van der Waals surface area contributed by atoms with E-state index in [1.165, 1.54) is 0 Å². The molecular weight excluding hydrogens is 468 g/mol. The fourth-order valence-electron chi connectivity index (χ4n) is 4.42. The molecule has 1 heterocycles. The van der Waals surface area contributed by atoms with Crippen LogP contribution in [-0.4, -0.2) is 4.98 Å². The second-order valence-electron chi connectivity index (χ2n) is 9.11. The molecule has 0 N–H and O–H groups in total. The molecule has 0 spiro atoms. The highest BCUT2D eigenvalue weighted by Crippen LogP contribution is 2.30. The number of aryl methyl sites for hydroxylation is 2. The molecule has 0 unspecified atom stereocenters. The molecule has 38 heavy (non-hydrogen) atoms. The maximum atomic E-state index is 5.04. The standard InChI is InChI=1S/C32H25N6/c1-22-18-29-31(20-27(22)36-34-24-12-6-3-7-13-24)38(26-16-10-5-11-17-26)32-21-28(23(2)19-30(32)33-29)37-35-25-14-8-4-9-15-25/h3-21H,1-2H3/q+1. The van der Waals surface area contributed by atoms with E-state index in [0.717, 1.165) is 61.6 Å². The first kappa shape index (κ1) is 23.3. The lowest BCUT2D eigenvalue weighted by atomic mass is 10.1. The van der Waals surface area contributed by atoms with Crippen LogP contribution >= 0.6 is 0 Å². The summed E-state index contributed by atoms with van der Waals surface area (Å²) in [7, 11) is 0. The van der Waals surface area contributed by atoms with Gasteiger partial charge in [-0.2, -0.15) is 20.5 Å². The summed E-state index contributed by atoms with van der Waals surface area (Å²) in [6.45, 7) is 4.08. The van der Waals surface area contributed by atoms with Gasteiger partial charge in [-0.05, 0) is 61.4 Å². The second-order valence-corrected chi connectivity index (χ2v) is 9.11. The molecule has 0 aliphatic rings. The molecule has 5 aromatic carbocycles. The van der Waals surface area contributed by atoms with Gasteiger partial charge in [0, 0.05) is 24.3 Å². The van der Waals surface area contributed by atoms with E-state index in [0.29, 0.717) is 0 Å². The number of azo groups is 2. The predicted molar refractivity (Wildman–Crippen MR) is 151 cm³/mol. The molecule has 0 bridgehead atoms. The average Bonchev–Trinajstić information content (AvgIpc) is 2.95. The molecular formula is C32H25N6+. The number of para-hydroxylation sites is 1. The van der Waals surface area contributed by atoms with Crippen molar-refractivity contribution >= 4 is 44.8 Å². The molecule has 0 aliphatic carbocycles. The van der Waals surface area contributed by atoms with E-state index >= 15 is 0 Å². The minimum atomic E-state index is 0.795. The molecule has 0 atom stereocenters. The van der Waals surface area contributed by atoms with Gasteiger partial charge in [0.15, 0.2) is 0 Å². The van der Waals surface area contributed by atoms with Gasteiger partial charge in [0.2, 0.25) is 16.7 Å². The van der Waals surface area contributed by atoms with Crippen LogP contribution in [0.15, 0.2) is 136 Å². The highest BCUT2D eigenvalue weighted by molar-refractivity contribution is 5.87. The van der Waals surface area contributed by atoms with Gasteiger partial charge in [0.1, 0.15) is 11.0 Å². The topological polar surface area (TPSA) is 66.2 Å². The van der Waals surface area contributed by atoms with E-state index in [-0.39, 0.29) is 0 Å². The molecule has 6 heteroatoms. The van der Waals surface area contributed by atoms with Crippen molar-refractivity contribution < 1.29 is 4.57 Å². The van der Waals surface area contributed by atoms with Gasteiger partial charge in [-0.15, -0.1) is 4.57 Å². The number of nitrogens with zero attached hydrogens (tertiary/aromatic N) is 6. The molecule has 182 valence electrons. The van der Waals surface area contributed by atoms with Crippen molar-refractivity contribution in [1.82, 2.24) is 4.98 Å². The Bertz CT molecular complexity index is 1700. The Morgan fingerprint density at radius 2 is 0.921 bits per heavy atom. The van der Waals surface area contributed by atoms with E-state index in [1.807, 2.05) is 92.7 Å². The van der Waals surface area contributed by atoms with Crippen LogP contribution in [0, 0.1) is 13.8 Å². The van der Waals surface area contributed by atoms with Crippen molar-refractivity contribution in [3.05, 3.63) is 126 Å². The summed E-state index contributed by atoms with van der Waals surface area (Å²) in [5.41, 5.74) is 9.89. The summed E-state index contributed by atoms with van der Waals surface area (Å²) < 4.78 is 2.21. The van der Waals surface area contributed by atoms with E-state index in [1.54, 1.807) is 0 Å². The third-order valence-electron chi connectivity index (χ3n) is 6.38. The Kier molecular flexibility index (Phi) is 6.20. The van der Waals surface area contributed by atoms with Crippen molar-refractivity contribution in [3.8, 4) is 5.69 Å². The van der Waals surface area contributed by atoms with Crippen molar-refractivity contribution in [2.45, 2.75) is 13.8 Å². The molecule has 0 fully saturated rings. The summed E-state index contributed by atoms with van der Waals surface area (Å²) in [6.07, 6.45) is 0. The zero-order valence-electron chi connectivity index (χ0n) is 21.2. The van der Waals surface area contributed by atoms with Gasteiger partial charge in [0.05, 0.1) is 22.7 Å². The molecule has 0 saturated carbocycles. The quantitative estimate of drug-likeness (QED) is 0.134. The van der Waals surface area contributed by atoms with Gasteiger partial charge < -0.3 is 0 Å². The van der Waals surface area contributed by atoms with Crippen LogP contribution in [0.3, 0.4) is 0 Å². The van der Waals surface area contributed by atoms with Gasteiger partial charge >= 0.3 is 0 Å². The number of aromatic nitrogens is 2. The number of benzene rings is 5. The van der Waals surface area contributed by atoms with E-state index in [9.17, 15) is 0 Å². The van der Waals surface area contributed by atoms with Gasteiger partial charge in [0.25, 0.3) is 0 Å². The maximum Gasteiger partial charge on any atom is 0.239 e. The third kappa shape index (κ3) is 4.67. The summed E-state index contributed by atoms with van der Waals surface area (Å²) in [5.74, 6) is 0. The molecule has 0 aliphatic heterocycles. The monoisotopic (exact) mass is 493 g/mol. The highest BCUT2D eigenvalue weighted by atomic mass is 15.1. The van der Waals surface area contributed by atoms with Crippen LogP contribution in [0.4, 0.5) is 22.7 Å². The SMILES string of the molecule is Cc1cc2nc3cc(C)c(N=Nc4ccccc4)cc3[n+](-c3ccccc3)c2cc1N=Nc1ccccc1. The van der Waals surface area contributed by atoms with Crippen LogP contribution in [0.5, 0.6) is 0 Å². The highest BCUT2D eigenvalue weighted by Gasteiger charge is 2.22. The summed E-state index contributed by atoms with van der Waals surface area (Å²) in [6, 6.07) is 38.0. The molecule has 0 amide bonds. The zero-order chi connectivity index (χ0) is 25.9. The number of rotatable bonds is 5. The van der Waals surface area contributed by atoms with Crippen LogP contribution in [0.1, 0.15) is 11.1 Å². The smallest absolute Gasteiger partial charge is 0.235 e. The van der Waals surface area contributed by atoms with Crippen LogP contribution in [0.25, 0.3) is 27.8 Å². The van der Waals surface area contributed by atoms with Crippen molar-refractivity contribution in [3.63, 3.8) is 0 Å². The van der Waals surface area contributed by atoms with E-state index < -0.39 is 0 Å². The lowest BCUT2D eigenvalue weighted by molar-refractivity contribution is -0.538. The fraction of sp³-hybridized carbons (Fsp3) is 0.0625. The number of hydrogen-bond acceptors (Lipinski definition) is 5. The minimum absolute atomic E-state index is 0.795. The Morgan fingerprint density at radius 3 is 1.37 bits per heavy atom. The zero-order valence-corrected chi connectivity index (χ0v) is 21.2. The molecule has 1 aromatic heterocycles. The number of hydrogen-bond donors (Lipinski definition) is 0. The van der Waals surface area contributed by atoms with Crippen molar-refractivity contribution in [2.75, 3.05) is 0 Å². The maximum absolute atomic E-state index is 5.04. The number of fused-ring (bicyclic) bond motifs is 2. The summed E-state index contributed by atoms with van der Waals surface area (Å²) >= 11 is 0. The molecule has 6 rings (SSSR count). The van der Waals surface area contributed by atoms with Crippen LogP contribution in [-0.2, 0) is 0 Å². The van der Waals surface area contributed by atoms with Gasteiger partial charge in [-0.1, -0.05) is 54.6 Å². The molecule has 6 nitrogen and oxygen atoms in total. The molecule has 6 aromatic rings. The van der Waals surface area contributed by atoms with Gasteiger partial charge in [-0.3, -0.25) is 0 Å². The lowest BCUT2D eigenvalue weighted by Crippen LogP contribution is -2.33. The predicted octanol–water partition coefficient (Wildman–Crippen LogP) is 9.11. The second kappa shape index (κ2) is 10.1. The van der Waals surface area contributed by atoms with Crippen molar-refractivity contribution in [2.24, 2.45) is 20.5 Å². The first-order chi connectivity index (χ1) is 18.7. The fourth-order valence-corrected chi connectivity index (χ4v) is 4.42. The van der Waals surface area contributed by atoms with Gasteiger partial charge in [-0.25, -0.2) is 4.98 Å². The lowest BCUT2D eigenvalue weighted by Gasteiger charge is -2.09. The first-order valence-corrected chi connectivity index (χ1v) is 12.5. The minimum Gasteiger partial charge on any atom is -0.235 e. The van der Waals surface area contributed by atoms with E-state index in [4.69, 9.17) is 4.98 Å². The molecule has 0 saturated heterocycles. The van der Waals surface area contributed by atoms with E-state index in [2.05, 4.69) is 61.4 Å². The largest absolute Gasteiger partial charge is 0.239 e. The Hall–Kier alpha value is -5.10. The average molecular weight is 494 g/mol. The Labute approximate surface area is 220 Å². The third-order valence-corrected chi connectivity index (χ3v) is 6.38. The van der Waals surface area contributed by atoms with Crippen LogP contribution in [0.2, 0.25) is 0 Å². The summed E-state index contributed by atoms with van der Waals surface area (Å²) in [4.78, 5) is 5.04.